The number of carbonyl (C=O) groups is 1. The summed E-state index contributed by atoms with van der Waals surface area (Å²) in [5, 5.41) is 13.5. The molecule has 4 nitrogen and oxygen atoms in total. The molecule has 1 aromatic rings. The second kappa shape index (κ2) is 7.92. The van der Waals surface area contributed by atoms with E-state index in [1.165, 1.54) is 9.75 Å². The predicted molar refractivity (Wildman–Crippen MR) is 86.2 cm³/mol. The van der Waals surface area contributed by atoms with Gasteiger partial charge in [0.05, 0.1) is 6.10 Å². The average Bonchev–Trinajstić information content (AvgIpc) is 2.84. The van der Waals surface area contributed by atoms with Crippen LogP contribution in [0.3, 0.4) is 0 Å². The third-order valence-electron chi connectivity index (χ3n) is 3.83. The second-order valence-electron chi connectivity index (χ2n) is 5.83. The minimum Gasteiger partial charge on any atom is -0.393 e. The van der Waals surface area contributed by atoms with Crippen LogP contribution >= 0.6 is 11.3 Å². The van der Waals surface area contributed by atoms with Gasteiger partial charge in [0, 0.05) is 35.8 Å². The quantitative estimate of drug-likeness (QED) is 0.842. The fourth-order valence-corrected chi connectivity index (χ4v) is 3.61. The molecule has 0 saturated carbocycles. The van der Waals surface area contributed by atoms with Crippen LogP contribution in [0.15, 0.2) is 12.1 Å². The van der Waals surface area contributed by atoms with Crippen LogP contribution in [0.4, 0.5) is 0 Å². The summed E-state index contributed by atoms with van der Waals surface area (Å²) in [6.07, 6.45) is 4.03. The van der Waals surface area contributed by atoms with Crippen molar-refractivity contribution in [2.24, 2.45) is 0 Å². The number of amides is 1. The summed E-state index contributed by atoms with van der Waals surface area (Å²) >= 11 is 1.84. The fraction of sp³-hybridized carbons (Fsp3) is 0.688. The Hall–Kier alpha value is -0.910. The van der Waals surface area contributed by atoms with Gasteiger partial charge in [-0.2, -0.15) is 0 Å². The fourth-order valence-electron chi connectivity index (χ4n) is 2.68. The Morgan fingerprint density at radius 1 is 1.38 bits per heavy atom. The molecule has 2 heterocycles. The molecule has 2 rings (SSSR count). The van der Waals surface area contributed by atoms with Gasteiger partial charge >= 0.3 is 0 Å². The number of thiophene rings is 1. The van der Waals surface area contributed by atoms with E-state index in [4.69, 9.17) is 0 Å². The van der Waals surface area contributed by atoms with Gasteiger partial charge in [0.15, 0.2) is 0 Å². The number of hydrazine groups is 1. The highest BCUT2D eigenvalue weighted by atomic mass is 32.1. The van der Waals surface area contributed by atoms with E-state index in [-0.39, 0.29) is 12.0 Å². The Bertz CT molecular complexity index is 459. The highest BCUT2D eigenvalue weighted by Gasteiger charge is 2.25. The predicted octanol–water partition coefficient (Wildman–Crippen LogP) is 2.60. The molecule has 0 aliphatic carbocycles. The summed E-state index contributed by atoms with van der Waals surface area (Å²) in [5.74, 6) is 0.231. The second-order valence-corrected chi connectivity index (χ2v) is 7.20. The summed E-state index contributed by atoms with van der Waals surface area (Å²) in [6, 6.07) is 4.34. The lowest BCUT2D eigenvalue weighted by Crippen LogP contribution is -2.51. The van der Waals surface area contributed by atoms with Crippen molar-refractivity contribution in [1.82, 2.24) is 10.0 Å². The van der Waals surface area contributed by atoms with Crippen molar-refractivity contribution in [2.75, 3.05) is 19.6 Å². The van der Waals surface area contributed by atoms with Crippen molar-refractivity contribution in [3.05, 3.63) is 21.9 Å². The third kappa shape index (κ3) is 5.09. The number of carbonyl (C=O) groups excluding carboxylic acids is 1. The Labute approximate surface area is 131 Å². The Morgan fingerprint density at radius 3 is 2.86 bits per heavy atom. The lowest BCUT2D eigenvalue weighted by molar-refractivity contribution is -0.156. The van der Waals surface area contributed by atoms with E-state index < -0.39 is 0 Å². The summed E-state index contributed by atoms with van der Waals surface area (Å²) in [6.45, 7) is 6.41. The molecular weight excluding hydrogens is 284 g/mol. The zero-order valence-electron chi connectivity index (χ0n) is 13.0. The van der Waals surface area contributed by atoms with Gasteiger partial charge in [-0.25, -0.2) is 5.01 Å². The molecule has 1 N–H and O–H groups in total. The molecule has 1 atom stereocenters. The molecule has 5 heteroatoms. The topological polar surface area (TPSA) is 43.8 Å². The number of rotatable bonds is 7. The lowest BCUT2D eigenvalue weighted by atomic mass is 10.2. The monoisotopic (exact) mass is 310 g/mol. The van der Waals surface area contributed by atoms with Crippen molar-refractivity contribution in [2.45, 2.75) is 52.1 Å². The maximum Gasteiger partial charge on any atom is 0.236 e. The highest BCUT2D eigenvalue weighted by Crippen LogP contribution is 2.18. The molecule has 0 radical (unpaired) electrons. The number of hydrogen-bond acceptors (Lipinski definition) is 4. The van der Waals surface area contributed by atoms with Crippen LogP contribution in [0, 0.1) is 6.92 Å². The first kappa shape index (κ1) is 16.5. The van der Waals surface area contributed by atoms with Gasteiger partial charge in [0.1, 0.15) is 0 Å². The first-order valence-electron chi connectivity index (χ1n) is 7.85. The van der Waals surface area contributed by atoms with Crippen molar-refractivity contribution >= 4 is 17.2 Å². The maximum absolute atomic E-state index is 12.1. The van der Waals surface area contributed by atoms with E-state index in [9.17, 15) is 9.90 Å². The Kier molecular flexibility index (Phi) is 6.21. The van der Waals surface area contributed by atoms with Crippen LogP contribution < -0.4 is 0 Å². The zero-order chi connectivity index (χ0) is 15.2. The molecule has 118 valence electrons. The van der Waals surface area contributed by atoms with Gasteiger partial charge in [-0.3, -0.25) is 9.80 Å². The number of aliphatic hydroxyl groups excluding tert-OH is 1. The van der Waals surface area contributed by atoms with Gasteiger partial charge in [0.2, 0.25) is 5.91 Å². The number of nitrogens with zero attached hydrogens (tertiary/aromatic N) is 2. The van der Waals surface area contributed by atoms with Crippen molar-refractivity contribution in [3.8, 4) is 0 Å². The van der Waals surface area contributed by atoms with E-state index in [0.717, 1.165) is 38.9 Å². The molecule has 1 fully saturated rings. The highest BCUT2D eigenvalue weighted by molar-refractivity contribution is 7.11. The number of aliphatic hydroxyl groups is 1. The Balaban J connectivity index is 1.83. The van der Waals surface area contributed by atoms with Crippen LogP contribution in [-0.2, 0) is 11.2 Å². The summed E-state index contributed by atoms with van der Waals surface area (Å²) in [5.41, 5.74) is 0. The van der Waals surface area contributed by atoms with Crippen LogP contribution in [0.25, 0.3) is 0 Å². The number of aryl methyl sites for hydroxylation is 2. The molecule has 1 aliphatic heterocycles. The molecule has 0 spiro atoms. The van der Waals surface area contributed by atoms with Crippen molar-refractivity contribution in [1.29, 1.82) is 0 Å². The summed E-state index contributed by atoms with van der Waals surface area (Å²) in [4.78, 5) is 14.9. The normalized spacial score (nSPS) is 18.2. The largest absolute Gasteiger partial charge is 0.393 e. The van der Waals surface area contributed by atoms with Crippen molar-refractivity contribution in [3.63, 3.8) is 0 Å². The molecule has 1 unspecified atom stereocenters. The molecule has 0 bridgehead atoms. The molecule has 1 amide bonds. The molecular formula is C16H26N2O2S. The first-order chi connectivity index (χ1) is 10.1. The molecule has 21 heavy (non-hydrogen) atoms. The number of hydrogen-bond donors (Lipinski definition) is 1. The zero-order valence-corrected chi connectivity index (χ0v) is 13.9. The van der Waals surface area contributed by atoms with Crippen LogP contribution in [-0.4, -0.2) is 46.8 Å². The smallest absolute Gasteiger partial charge is 0.236 e. The molecule has 1 saturated heterocycles. The average molecular weight is 310 g/mol. The van der Waals surface area contributed by atoms with Crippen LogP contribution in [0.5, 0.6) is 0 Å². The summed E-state index contributed by atoms with van der Waals surface area (Å²) in [7, 11) is 0. The van der Waals surface area contributed by atoms with E-state index >= 15 is 0 Å². The first-order valence-corrected chi connectivity index (χ1v) is 8.66. The van der Waals surface area contributed by atoms with E-state index in [0.29, 0.717) is 12.8 Å². The van der Waals surface area contributed by atoms with E-state index in [1.54, 1.807) is 6.92 Å². The van der Waals surface area contributed by atoms with Gasteiger partial charge < -0.3 is 5.11 Å². The lowest BCUT2D eigenvalue weighted by Gasteiger charge is -2.39. The van der Waals surface area contributed by atoms with Gasteiger partial charge in [-0.1, -0.05) is 0 Å². The van der Waals surface area contributed by atoms with Gasteiger partial charge in [-0.15, -0.1) is 11.3 Å². The summed E-state index contributed by atoms with van der Waals surface area (Å²) < 4.78 is 0. The standard InChI is InChI=1S/C16H26N2O2S/c1-13(19)9-12-17-10-4-6-16(20)18(17)11-3-5-15-8-7-14(2)21-15/h7-8,13,19H,3-6,9-12H2,1-2H3. The van der Waals surface area contributed by atoms with E-state index in [2.05, 4.69) is 24.1 Å². The molecule has 1 aromatic heterocycles. The molecule has 0 aromatic carbocycles. The molecule has 1 aliphatic rings. The van der Waals surface area contributed by atoms with E-state index in [1.807, 2.05) is 16.3 Å². The van der Waals surface area contributed by atoms with Crippen molar-refractivity contribution < 1.29 is 9.90 Å². The minimum atomic E-state index is -0.307. The third-order valence-corrected chi connectivity index (χ3v) is 4.89. The van der Waals surface area contributed by atoms with Gasteiger partial charge in [0.25, 0.3) is 0 Å². The van der Waals surface area contributed by atoms with Crippen LogP contribution in [0.1, 0.15) is 42.4 Å². The maximum atomic E-state index is 12.1. The minimum absolute atomic E-state index is 0.231. The SMILES string of the molecule is Cc1ccc(CCCN2C(=O)CCCN2CCC(C)O)s1. The Morgan fingerprint density at radius 2 is 2.19 bits per heavy atom. The van der Waals surface area contributed by atoms with Gasteiger partial charge in [-0.05, 0) is 51.7 Å². The van der Waals surface area contributed by atoms with Crippen LogP contribution in [0.2, 0.25) is 0 Å².